The highest BCUT2D eigenvalue weighted by Gasteiger charge is 2.33. The summed E-state index contributed by atoms with van der Waals surface area (Å²) in [6, 6.07) is 3.74. The molecule has 2 N–H and O–H groups in total. The average molecular weight is 331 g/mol. The molecule has 1 aromatic heterocycles. The normalized spacial score (nSPS) is 26.3. The van der Waals surface area contributed by atoms with E-state index in [0.717, 1.165) is 37.2 Å². The first-order valence-electron chi connectivity index (χ1n) is 7.75. The second-order valence-electron chi connectivity index (χ2n) is 5.97. The van der Waals surface area contributed by atoms with E-state index in [4.69, 9.17) is 0 Å². The summed E-state index contributed by atoms with van der Waals surface area (Å²) in [6.45, 7) is 8.24. The summed E-state index contributed by atoms with van der Waals surface area (Å²) in [7, 11) is -3.36. The quantitative estimate of drug-likeness (QED) is 0.756. The van der Waals surface area contributed by atoms with Gasteiger partial charge in [-0.25, -0.2) is 13.1 Å². The number of hydrogen-bond donors (Lipinski definition) is 2. The largest absolute Gasteiger partial charge is 0.317 e. The molecule has 0 radical (unpaired) electrons. The van der Waals surface area contributed by atoms with Crippen LogP contribution in [0.4, 0.5) is 0 Å². The van der Waals surface area contributed by atoms with Gasteiger partial charge in [-0.05, 0) is 56.3 Å². The molecular formula is C15H26N2O2S2. The van der Waals surface area contributed by atoms with Gasteiger partial charge in [-0.2, -0.15) is 0 Å². The maximum Gasteiger partial charge on any atom is 0.250 e. The Balaban J connectivity index is 1.99. The van der Waals surface area contributed by atoms with Crippen LogP contribution in [0.2, 0.25) is 0 Å². The van der Waals surface area contributed by atoms with Gasteiger partial charge in [-0.15, -0.1) is 11.3 Å². The van der Waals surface area contributed by atoms with Crippen molar-refractivity contribution >= 4 is 21.4 Å². The van der Waals surface area contributed by atoms with Gasteiger partial charge >= 0.3 is 0 Å². The van der Waals surface area contributed by atoms with E-state index in [-0.39, 0.29) is 6.04 Å². The van der Waals surface area contributed by atoms with Gasteiger partial charge in [0.05, 0.1) is 0 Å². The summed E-state index contributed by atoms with van der Waals surface area (Å²) < 4.78 is 28.3. The average Bonchev–Trinajstić information content (AvgIpc) is 3.02. The highest BCUT2D eigenvalue weighted by atomic mass is 32.2. The van der Waals surface area contributed by atoms with E-state index >= 15 is 0 Å². The van der Waals surface area contributed by atoms with Crippen molar-refractivity contribution in [2.75, 3.05) is 13.1 Å². The van der Waals surface area contributed by atoms with Gasteiger partial charge in [0.2, 0.25) is 10.0 Å². The van der Waals surface area contributed by atoms with Gasteiger partial charge < -0.3 is 5.32 Å². The molecule has 1 aliphatic rings. The molecular weight excluding hydrogens is 304 g/mol. The molecule has 0 aliphatic heterocycles. The van der Waals surface area contributed by atoms with E-state index in [1.54, 1.807) is 6.07 Å². The predicted molar refractivity (Wildman–Crippen MR) is 88.2 cm³/mol. The van der Waals surface area contributed by atoms with Crippen LogP contribution in [0.25, 0.3) is 0 Å². The van der Waals surface area contributed by atoms with Crippen molar-refractivity contribution in [3.05, 3.63) is 17.0 Å². The molecule has 1 saturated carbocycles. The molecule has 0 saturated heterocycles. The number of hydrogen-bond acceptors (Lipinski definition) is 4. The molecule has 1 aliphatic carbocycles. The molecule has 1 fully saturated rings. The van der Waals surface area contributed by atoms with Crippen LogP contribution in [-0.4, -0.2) is 27.5 Å². The Morgan fingerprint density at radius 3 is 2.67 bits per heavy atom. The van der Waals surface area contributed by atoms with E-state index in [2.05, 4.69) is 30.8 Å². The number of thiophene rings is 1. The van der Waals surface area contributed by atoms with Gasteiger partial charge in [0.25, 0.3) is 0 Å². The van der Waals surface area contributed by atoms with Gasteiger partial charge in [0.1, 0.15) is 4.21 Å². The standard InChI is InChI=1S/C15H26N2O2S2/c1-4-16-10-9-13-6-8-15(20-13)21(18,19)17-14-7-5-11(2)12(14)3/h6,8,11-12,14,16-17H,4-5,7,9-10H2,1-3H3. The van der Waals surface area contributed by atoms with E-state index in [9.17, 15) is 8.42 Å². The van der Waals surface area contributed by atoms with E-state index in [0.29, 0.717) is 16.0 Å². The zero-order valence-electron chi connectivity index (χ0n) is 13.1. The van der Waals surface area contributed by atoms with Gasteiger partial charge in [0.15, 0.2) is 0 Å². The van der Waals surface area contributed by atoms with Crippen LogP contribution in [0.5, 0.6) is 0 Å². The summed E-state index contributed by atoms with van der Waals surface area (Å²) >= 11 is 1.39. The first kappa shape index (κ1) is 16.9. The summed E-state index contributed by atoms with van der Waals surface area (Å²) in [6.07, 6.45) is 2.93. The molecule has 120 valence electrons. The third kappa shape index (κ3) is 4.28. The Bertz CT molecular complexity index is 554. The minimum Gasteiger partial charge on any atom is -0.317 e. The van der Waals surface area contributed by atoms with Crippen LogP contribution >= 0.6 is 11.3 Å². The SMILES string of the molecule is CCNCCc1ccc(S(=O)(=O)NC2CCC(C)C2C)s1. The van der Waals surface area contributed by atoms with Crippen molar-refractivity contribution < 1.29 is 8.42 Å². The second-order valence-corrected chi connectivity index (χ2v) is 9.07. The van der Waals surface area contributed by atoms with Crippen molar-refractivity contribution in [3.63, 3.8) is 0 Å². The Morgan fingerprint density at radius 1 is 1.29 bits per heavy atom. The monoisotopic (exact) mass is 330 g/mol. The lowest BCUT2D eigenvalue weighted by Crippen LogP contribution is -2.36. The topological polar surface area (TPSA) is 58.2 Å². The molecule has 3 unspecified atom stereocenters. The first-order chi connectivity index (χ1) is 9.94. The fourth-order valence-corrected chi connectivity index (χ4v) is 5.55. The third-order valence-electron chi connectivity index (χ3n) is 4.47. The van der Waals surface area contributed by atoms with E-state index < -0.39 is 10.0 Å². The van der Waals surface area contributed by atoms with Crippen molar-refractivity contribution in [2.24, 2.45) is 11.8 Å². The maximum absolute atomic E-state index is 12.5. The highest BCUT2D eigenvalue weighted by Crippen LogP contribution is 2.32. The summed E-state index contributed by atoms with van der Waals surface area (Å²) in [5, 5.41) is 3.26. The Hall–Kier alpha value is -0.430. The lowest BCUT2D eigenvalue weighted by atomic mass is 9.98. The minimum absolute atomic E-state index is 0.0808. The van der Waals surface area contributed by atoms with Crippen LogP contribution in [-0.2, 0) is 16.4 Å². The molecule has 0 spiro atoms. The molecule has 0 aromatic carbocycles. The zero-order chi connectivity index (χ0) is 15.5. The molecule has 3 atom stereocenters. The second kappa shape index (κ2) is 7.22. The summed E-state index contributed by atoms with van der Waals surface area (Å²) in [4.78, 5) is 1.11. The van der Waals surface area contributed by atoms with Crippen molar-refractivity contribution in [1.29, 1.82) is 0 Å². The van der Waals surface area contributed by atoms with E-state index in [1.807, 2.05) is 6.07 Å². The smallest absolute Gasteiger partial charge is 0.250 e. The molecule has 1 aromatic rings. The van der Waals surface area contributed by atoms with Crippen LogP contribution < -0.4 is 10.0 Å². The van der Waals surface area contributed by atoms with E-state index in [1.165, 1.54) is 11.3 Å². The van der Waals surface area contributed by atoms with Gasteiger partial charge in [0, 0.05) is 10.9 Å². The van der Waals surface area contributed by atoms with Gasteiger partial charge in [-0.1, -0.05) is 20.8 Å². The number of rotatable bonds is 7. The molecule has 0 amide bonds. The minimum atomic E-state index is -3.36. The molecule has 21 heavy (non-hydrogen) atoms. The van der Waals surface area contributed by atoms with Crippen LogP contribution in [0, 0.1) is 11.8 Å². The lowest BCUT2D eigenvalue weighted by Gasteiger charge is -2.19. The van der Waals surface area contributed by atoms with Crippen molar-refractivity contribution in [3.8, 4) is 0 Å². The number of nitrogens with one attached hydrogen (secondary N) is 2. The molecule has 1 heterocycles. The lowest BCUT2D eigenvalue weighted by molar-refractivity contribution is 0.402. The fraction of sp³-hybridized carbons (Fsp3) is 0.733. The van der Waals surface area contributed by atoms with Crippen molar-refractivity contribution in [2.45, 2.75) is 50.3 Å². The Kier molecular flexibility index (Phi) is 5.82. The van der Waals surface area contributed by atoms with Crippen LogP contribution in [0.15, 0.2) is 16.3 Å². The highest BCUT2D eigenvalue weighted by molar-refractivity contribution is 7.91. The molecule has 0 bridgehead atoms. The zero-order valence-corrected chi connectivity index (χ0v) is 14.7. The molecule has 6 heteroatoms. The number of likely N-dealkylation sites (N-methyl/N-ethyl adjacent to an activating group) is 1. The van der Waals surface area contributed by atoms with Crippen LogP contribution in [0.1, 0.15) is 38.5 Å². The number of sulfonamides is 1. The van der Waals surface area contributed by atoms with Crippen LogP contribution in [0.3, 0.4) is 0 Å². The predicted octanol–water partition coefficient (Wildman–Crippen LogP) is 2.61. The fourth-order valence-electron chi connectivity index (χ4n) is 2.81. The molecule has 4 nitrogen and oxygen atoms in total. The Morgan fingerprint density at radius 2 is 2.05 bits per heavy atom. The maximum atomic E-state index is 12.5. The third-order valence-corrected chi connectivity index (χ3v) is 7.60. The first-order valence-corrected chi connectivity index (χ1v) is 10.1. The Labute approximate surface area is 132 Å². The van der Waals surface area contributed by atoms with Gasteiger partial charge in [-0.3, -0.25) is 0 Å². The molecule has 2 rings (SSSR count). The van der Waals surface area contributed by atoms with Crippen molar-refractivity contribution in [1.82, 2.24) is 10.0 Å². The summed E-state index contributed by atoms with van der Waals surface area (Å²) in [5.41, 5.74) is 0. The summed E-state index contributed by atoms with van der Waals surface area (Å²) in [5.74, 6) is 1.00.